The van der Waals surface area contributed by atoms with Gasteiger partial charge in [-0.3, -0.25) is 0 Å². The lowest BCUT2D eigenvalue weighted by Crippen LogP contribution is -2.35. The van der Waals surface area contributed by atoms with Crippen LogP contribution in [-0.4, -0.2) is 41.9 Å². The van der Waals surface area contributed by atoms with Gasteiger partial charge in [0.1, 0.15) is 0 Å². The fourth-order valence-electron chi connectivity index (χ4n) is 3.19. The van der Waals surface area contributed by atoms with Gasteiger partial charge in [0, 0.05) is 44.8 Å². The summed E-state index contributed by atoms with van der Waals surface area (Å²) >= 11 is 0. The summed E-state index contributed by atoms with van der Waals surface area (Å²) in [4.78, 5) is 11.4. The van der Waals surface area contributed by atoms with Gasteiger partial charge in [-0.25, -0.2) is 9.97 Å². The second-order valence-corrected chi connectivity index (χ2v) is 6.34. The van der Waals surface area contributed by atoms with Gasteiger partial charge in [0.15, 0.2) is 0 Å². The van der Waals surface area contributed by atoms with E-state index in [9.17, 15) is 5.11 Å². The van der Waals surface area contributed by atoms with Gasteiger partial charge >= 0.3 is 0 Å². The maximum absolute atomic E-state index is 9.25. The topological polar surface area (TPSA) is 58.5 Å². The van der Waals surface area contributed by atoms with Gasteiger partial charge in [-0.15, -0.1) is 0 Å². The Bertz CT molecular complexity index is 637. The molecule has 1 aromatic heterocycles. The molecule has 5 heteroatoms. The molecule has 1 aromatic carbocycles. The summed E-state index contributed by atoms with van der Waals surface area (Å²) in [6, 6.07) is 7.84. The minimum atomic E-state index is 0.0464. The van der Waals surface area contributed by atoms with Crippen molar-refractivity contribution in [1.29, 1.82) is 0 Å². The van der Waals surface area contributed by atoms with E-state index < -0.39 is 0 Å². The summed E-state index contributed by atoms with van der Waals surface area (Å²) in [5, 5.41) is 9.25. The van der Waals surface area contributed by atoms with Gasteiger partial charge in [-0.05, 0) is 42.4 Å². The van der Waals surface area contributed by atoms with Gasteiger partial charge in [0.2, 0.25) is 5.95 Å². The zero-order chi connectivity index (χ0) is 16.8. The normalized spacial score (nSPS) is 15.7. The van der Waals surface area contributed by atoms with Crippen molar-refractivity contribution in [1.82, 2.24) is 9.97 Å². The van der Waals surface area contributed by atoms with E-state index in [1.54, 1.807) is 7.11 Å². The number of aliphatic hydroxyl groups excluding tert-OH is 1. The summed E-state index contributed by atoms with van der Waals surface area (Å²) in [6.45, 7) is 2.91. The van der Waals surface area contributed by atoms with Crippen LogP contribution in [0.5, 0.6) is 0 Å². The van der Waals surface area contributed by atoms with Crippen molar-refractivity contribution in [3.63, 3.8) is 0 Å². The van der Waals surface area contributed by atoms with E-state index in [2.05, 4.69) is 14.9 Å². The first kappa shape index (κ1) is 16.9. The Morgan fingerprint density at radius 1 is 1.17 bits per heavy atom. The van der Waals surface area contributed by atoms with E-state index in [4.69, 9.17) is 4.74 Å². The number of ether oxygens (including phenoxy) is 1. The fraction of sp³-hybridized carbons (Fsp3) is 0.474. The Balaban J connectivity index is 1.63. The Hall–Kier alpha value is -1.98. The predicted octanol–water partition coefficient (Wildman–Crippen LogP) is 2.89. The first-order chi connectivity index (χ1) is 11.8. The third-order valence-corrected chi connectivity index (χ3v) is 4.71. The highest BCUT2D eigenvalue weighted by Gasteiger charge is 2.20. The smallest absolute Gasteiger partial charge is 0.225 e. The van der Waals surface area contributed by atoms with Crippen LogP contribution in [0, 0.1) is 5.92 Å². The zero-order valence-corrected chi connectivity index (χ0v) is 14.2. The summed E-state index contributed by atoms with van der Waals surface area (Å²) in [7, 11) is 1.76. The number of nitrogens with zero attached hydrogens (tertiary/aromatic N) is 3. The van der Waals surface area contributed by atoms with Crippen molar-refractivity contribution in [3.8, 4) is 11.1 Å². The van der Waals surface area contributed by atoms with Crippen molar-refractivity contribution in [2.45, 2.75) is 25.9 Å². The number of anilines is 1. The Kier molecular flexibility index (Phi) is 5.77. The second-order valence-electron chi connectivity index (χ2n) is 6.34. The first-order valence-electron chi connectivity index (χ1n) is 8.56. The molecule has 24 heavy (non-hydrogen) atoms. The summed E-state index contributed by atoms with van der Waals surface area (Å²) in [5.41, 5.74) is 2.91. The molecule has 1 N–H and O–H groups in total. The number of hydrogen-bond acceptors (Lipinski definition) is 5. The molecule has 1 aliphatic rings. The molecule has 2 heterocycles. The van der Waals surface area contributed by atoms with E-state index in [1.165, 1.54) is 12.8 Å². The molecule has 2 aromatic rings. The highest BCUT2D eigenvalue weighted by atomic mass is 16.5. The van der Waals surface area contributed by atoms with Gasteiger partial charge in [0.05, 0.1) is 6.61 Å². The molecule has 0 spiro atoms. The van der Waals surface area contributed by atoms with Crippen LogP contribution < -0.4 is 4.90 Å². The summed E-state index contributed by atoms with van der Waals surface area (Å²) < 4.78 is 5.17. The average molecular weight is 327 g/mol. The molecule has 1 aliphatic heterocycles. The Morgan fingerprint density at radius 2 is 1.92 bits per heavy atom. The standard InChI is InChI=1S/C19H25N3O2/c1-24-10-7-15-5-8-22(9-6-15)19-20-12-18(13-21-19)17-4-2-3-16(11-17)14-23/h2-4,11-13,15,23H,5-10,14H2,1H3. The highest BCUT2D eigenvalue weighted by molar-refractivity contribution is 5.62. The molecule has 5 nitrogen and oxygen atoms in total. The van der Waals surface area contributed by atoms with Crippen LogP contribution in [0.15, 0.2) is 36.7 Å². The van der Waals surface area contributed by atoms with E-state index in [1.807, 2.05) is 36.7 Å². The van der Waals surface area contributed by atoms with Crippen molar-refractivity contribution < 1.29 is 9.84 Å². The average Bonchev–Trinajstić information content (AvgIpc) is 2.67. The maximum atomic E-state index is 9.25. The van der Waals surface area contributed by atoms with Crippen molar-refractivity contribution in [2.75, 3.05) is 31.7 Å². The van der Waals surface area contributed by atoms with Crippen molar-refractivity contribution in [2.24, 2.45) is 5.92 Å². The van der Waals surface area contributed by atoms with Crippen LogP contribution in [0.2, 0.25) is 0 Å². The van der Waals surface area contributed by atoms with Crippen LogP contribution >= 0.6 is 0 Å². The highest BCUT2D eigenvalue weighted by Crippen LogP contribution is 2.24. The molecule has 0 unspecified atom stereocenters. The SMILES string of the molecule is COCCC1CCN(c2ncc(-c3cccc(CO)c3)cn2)CC1. The van der Waals surface area contributed by atoms with Gasteiger partial charge in [-0.2, -0.15) is 0 Å². The second kappa shape index (κ2) is 8.22. The molecule has 0 saturated carbocycles. The minimum Gasteiger partial charge on any atom is -0.392 e. The molecule has 1 fully saturated rings. The molecule has 0 radical (unpaired) electrons. The first-order valence-corrected chi connectivity index (χ1v) is 8.56. The summed E-state index contributed by atoms with van der Waals surface area (Å²) in [5.74, 6) is 1.56. The van der Waals surface area contributed by atoms with Crippen LogP contribution in [0.25, 0.3) is 11.1 Å². The van der Waals surface area contributed by atoms with Crippen LogP contribution in [-0.2, 0) is 11.3 Å². The maximum Gasteiger partial charge on any atom is 0.225 e. The van der Waals surface area contributed by atoms with Crippen LogP contribution in [0.4, 0.5) is 5.95 Å². The lowest BCUT2D eigenvalue weighted by Gasteiger charge is -2.31. The lowest BCUT2D eigenvalue weighted by atomic mass is 9.94. The van der Waals surface area contributed by atoms with Crippen molar-refractivity contribution >= 4 is 5.95 Å². The molecule has 0 bridgehead atoms. The largest absolute Gasteiger partial charge is 0.392 e. The monoisotopic (exact) mass is 327 g/mol. The molecular weight excluding hydrogens is 302 g/mol. The third kappa shape index (κ3) is 4.10. The van der Waals surface area contributed by atoms with Crippen LogP contribution in [0.1, 0.15) is 24.8 Å². The predicted molar refractivity (Wildman–Crippen MR) is 94.8 cm³/mol. The summed E-state index contributed by atoms with van der Waals surface area (Å²) in [6.07, 6.45) is 7.23. The van der Waals surface area contributed by atoms with Crippen molar-refractivity contribution in [3.05, 3.63) is 42.2 Å². The van der Waals surface area contributed by atoms with E-state index in [0.29, 0.717) is 0 Å². The molecule has 3 rings (SSSR count). The molecule has 0 aliphatic carbocycles. The minimum absolute atomic E-state index is 0.0464. The number of aromatic nitrogens is 2. The quantitative estimate of drug-likeness (QED) is 0.884. The van der Waals surface area contributed by atoms with E-state index >= 15 is 0 Å². The Morgan fingerprint density at radius 3 is 2.58 bits per heavy atom. The van der Waals surface area contributed by atoms with Gasteiger partial charge in [0.25, 0.3) is 0 Å². The lowest BCUT2D eigenvalue weighted by molar-refractivity contribution is 0.170. The number of methoxy groups -OCH3 is 1. The molecular formula is C19H25N3O2. The Labute approximate surface area is 143 Å². The number of rotatable bonds is 6. The van der Waals surface area contributed by atoms with Crippen LogP contribution in [0.3, 0.4) is 0 Å². The number of piperidine rings is 1. The van der Waals surface area contributed by atoms with E-state index in [-0.39, 0.29) is 6.61 Å². The molecule has 1 saturated heterocycles. The zero-order valence-electron chi connectivity index (χ0n) is 14.2. The third-order valence-electron chi connectivity index (χ3n) is 4.71. The molecule has 128 valence electrons. The number of hydrogen-bond donors (Lipinski definition) is 1. The van der Waals surface area contributed by atoms with Gasteiger partial charge < -0.3 is 14.7 Å². The molecule has 0 amide bonds. The number of benzene rings is 1. The fourth-order valence-corrected chi connectivity index (χ4v) is 3.19. The molecule has 0 atom stereocenters. The van der Waals surface area contributed by atoms with E-state index in [0.717, 1.165) is 54.7 Å². The van der Waals surface area contributed by atoms with Gasteiger partial charge in [-0.1, -0.05) is 18.2 Å². The number of aliphatic hydroxyl groups is 1.